The summed E-state index contributed by atoms with van der Waals surface area (Å²) in [5.74, 6) is 0. The molecule has 3 nitrogen and oxygen atoms in total. The number of para-hydroxylation sites is 1. The van der Waals surface area contributed by atoms with Gasteiger partial charge in [-0.15, -0.1) is 0 Å². The lowest BCUT2D eigenvalue weighted by atomic mass is 10.0. The van der Waals surface area contributed by atoms with Gasteiger partial charge >= 0.3 is 6.03 Å². The number of benzene rings is 1. The third-order valence-corrected chi connectivity index (χ3v) is 4.07. The molecule has 19 heavy (non-hydrogen) atoms. The van der Waals surface area contributed by atoms with Gasteiger partial charge in [0.2, 0.25) is 0 Å². The van der Waals surface area contributed by atoms with Gasteiger partial charge in [-0.25, -0.2) is 4.79 Å². The first kappa shape index (κ1) is 13.9. The molecule has 1 N–H and O–H groups in total. The summed E-state index contributed by atoms with van der Waals surface area (Å²) in [7, 11) is 0. The first-order valence-electron chi connectivity index (χ1n) is 7.27. The quantitative estimate of drug-likeness (QED) is 0.853. The van der Waals surface area contributed by atoms with E-state index in [1.807, 2.05) is 36.9 Å². The fraction of sp³-hybridized carbons (Fsp3) is 0.562. The van der Waals surface area contributed by atoms with Crippen molar-refractivity contribution in [1.29, 1.82) is 0 Å². The number of nitrogens with one attached hydrogen (secondary N) is 1. The maximum absolute atomic E-state index is 12.5. The number of piperidine rings is 1. The molecule has 0 radical (unpaired) electrons. The predicted molar refractivity (Wildman–Crippen MR) is 79.6 cm³/mol. The average Bonchev–Trinajstić information content (AvgIpc) is 2.42. The topological polar surface area (TPSA) is 32.3 Å². The highest BCUT2D eigenvalue weighted by Gasteiger charge is 2.25. The van der Waals surface area contributed by atoms with Crippen LogP contribution in [0, 0.1) is 13.8 Å². The Balaban J connectivity index is 2.12. The summed E-state index contributed by atoms with van der Waals surface area (Å²) in [6, 6.07) is 6.56. The van der Waals surface area contributed by atoms with Crippen molar-refractivity contribution in [3.05, 3.63) is 29.3 Å². The number of carbonyl (C=O) groups excluding carboxylic acids is 1. The molecule has 0 aromatic heterocycles. The number of urea groups is 1. The number of aryl methyl sites for hydroxylation is 2. The lowest BCUT2D eigenvalue weighted by molar-refractivity contribution is 0.160. The Hall–Kier alpha value is -1.51. The Kier molecular flexibility index (Phi) is 4.46. The fourth-order valence-corrected chi connectivity index (χ4v) is 2.88. The largest absolute Gasteiger partial charge is 0.322 e. The Morgan fingerprint density at radius 2 is 2.00 bits per heavy atom. The molecule has 0 spiro atoms. The van der Waals surface area contributed by atoms with Crippen molar-refractivity contribution < 1.29 is 4.79 Å². The summed E-state index contributed by atoms with van der Waals surface area (Å²) in [4.78, 5) is 14.5. The zero-order chi connectivity index (χ0) is 13.8. The number of hydrogen-bond donors (Lipinski definition) is 1. The van der Waals surface area contributed by atoms with Crippen molar-refractivity contribution in [2.75, 3.05) is 11.9 Å². The number of rotatable bonds is 2. The van der Waals surface area contributed by atoms with Crippen LogP contribution < -0.4 is 5.32 Å². The van der Waals surface area contributed by atoms with Gasteiger partial charge in [0.25, 0.3) is 0 Å². The van der Waals surface area contributed by atoms with E-state index in [4.69, 9.17) is 0 Å². The first-order valence-corrected chi connectivity index (χ1v) is 7.27. The SMILES string of the molecule is CCC1CCCCN1C(=O)Nc1c(C)cccc1C. The second-order valence-electron chi connectivity index (χ2n) is 5.45. The Bertz CT molecular complexity index is 436. The van der Waals surface area contributed by atoms with Crippen molar-refractivity contribution in [3.8, 4) is 0 Å². The molecule has 1 saturated heterocycles. The second kappa shape index (κ2) is 6.09. The third kappa shape index (κ3) is 3.09. The van der Waals surface area contributed by atoms with Gasteiger partial charge in [0, 0.05) is 18.3 Å². The van der Waals surface area contributed by atoms with Crippen molar-refractivity contribution in [1.82, 2.24) is 4.90 Å². The number of hydrogen-bond acceptors (Lipinski definition) is 1. The predicted octanol–water partition coefficient (Wildman–Crippen LogP) is 4.10. The van der Waals surface area contributed by atoms with Crippen LogP contribution in [0.15, 0.2) is 18.2 Å². The number of anilines is 1. The molecule has 104 valence electrons. The molecule has 1 heterocycles. The molecule has 1 aromatic rings. The minimum absolute atomic E-state index is 0.0592. The van der Waals surface area contributed by atoms with Crippen molar-refractivity contribution >= 4 is 11.7 Å². The van der Waals surface area contributed by atoms with Crippen LogP contribution in [0.1, 0.15) is 43.7 Å². The van der Waals surface area contributed by atoms with Gasteiger partial charge in [0.1, 0.15) is 0 Å². The lowest BCUT2D eigenvalue weighted by Crippen LogP contribution is -2.45. The monoisotopic (exact) mass is 260 g/mol. The summed E-state index contributed by atoms with van der Waals surface area (Å²) in [5.41, 5.74) is 3.21. The molecule has 3 heteroatoms. The van der Waals surface area contributed by atoms with E-state index >= 15 is 0 Å². The molecule has 0 bridgehead atoms. The average molecular weight is 260 g/mol. The van der Waals surface area contributed by atoms with E-state index in [-0.39, 0.29) is 6.03 Å². The highest BCUT2D eigenvalue weighted by atomic mass is 16.2. The van der Waals surface area contributed by atoms with E-state index in [2.05, 4.69) is 12.2 Å². The highest BCUT2D eigenvalue weighted by molar-refractivity contribution is 5.91. The molecule has 2 rings (SSSR count). The number of amides is 2. The smallest absolute Gasteiger partial charge is 0.322 e. The van der Waals surface area contributed by atoms with Crippen molar-refractivity contribution in [2.45, 2.75) is 52.5 Å². The van der Waals surface area contributed by atoms with Crippen LogP contribution in [0.5, 0.6) is 0 Å². The molecule has 1 atom stereocenters. The van der Waals surface area contributed by atoms with Gasteiger partial charge in [-0.05, 0) is 50.7 Å². The molecular formula is C16H24N2O. The van der Waals surface area contributed by atoms with Crippen LogP contribution in [0.2, 0.25) is 0 Å². The molecule has 1 unspecified atom stereocenters. The van der Waals surface area contributed by atoms with Gasteiger partial charge in [-0.3, -0.25) is 0 Å². The number of likely N-dealkylation sites (tertiary alicyclic amines) is 1. The number of nitrogens with zero attached hydrogens (tertiary/aromatic N) is 1. The zero-order valence-corrected chi connectivity index (χ0v) is 12.2. The maximum atomic E-state index is 12.5. The van der Waals surface area contributed by atoms with Crippen molar-refractivity contribution in [2.24, 2.45) is 0 Å². The normalized spacial score (nSPS) is 19.3. The van der Waals surface area contributed by atoms with Crippen LogP contribution in [-0.4, -0.2) is 23.5 Å². The summed E-state index contributed by atoms with van der Waals surface area (Å²) in [6.45, 7) is 7.12. The van der Waals surface area contributed by atoms with Gasteiger partial charge in [0.15, 0.2) is 0 Å². The standard InChI is InChI=1S/C16H24N2O/c1-4-14-10-5-6-11-18(14)16(19)17-15-12(2)8-7-9-13(15)3/h7-9,14H,4-6,10-11H2,1-3H3,(H,17,19). The molecular weight excluding hydrogens is 236 g/mol. The summed E-state index contributed by atoms with van der Waals surface area (Å²) in [5, 5.41) is 3.10. The molecule has 2 amide bonds. The molecule has 1 aliphatic heterocycles. The molecule has 1 aromatic carbocycles. The third-order valence-electron chi connectivity index (χ3n) is 4.07. The second-order valence-corrected chi connectivity index (χ2v) is 5.45. The van der Waals surface area contributed by atoms with E-state index < -0.39 is 0 Å². The summed E-state index contributed by atoms with van der Waals surface area (Å²) < 4.78 is 0. The van der Waals surface area contributed by atoms with Crippen LogP contribution in [-0.2, 0) is 0 Å². The van der Waals surface area contributed by atoms with Gasteiger partial charge in [-0.1, -0.05) is 25.1 Å². The Labute approximate surface area is 116 Å². The molecule has 0 aliphatic carbocycles. The van der Waals surface area contributed by atoms with E-state index in [0.717, 1.165) is 42.6 Å². The summed E-state index contributed by atoms with van der Waals surface area (Å²) >= 11 is 0. The van der Waals surface area contributed by atoms with Gasteiger partial charge in [0.05, 0.1) is 0 Å². The molecule has 0 saturated carbocycles. The summed E-state index contributed by atoms with van der Waals surface area (Å²) in [6.07, 6.45) is 4.54. The Morgan fingerprint density at radius 3 is 2.63 bits per heavy atom. The zero-order valence-electron chi connectivity index (χ0n) is 12.2. The number of carbonyl (C=O) groups is 1. The van der Waals surface area contributed by atoms with E-state index in [1.165, 1.54) is 6.42 Å². The van der Waals surface area contributed by atoms with E-state index in [0.29, 0.717) is 6.04 Å². The van der Waals surface area contributed by atoms with Crippen molar-refractivity contribution in [3.63, 3.8) is 0 Å². The minimum Gasteiger partial charge on any atom is -0.322 e. The molecule has 1 aliphatic rings. The maximum Gasteiger partial charge on any atom is 0.322 e. The minimum atomic E-state index is 0.0592. The van der Waals surface area contributed by atoms with Crippen LogP contribution in [0.4, 0.5) is 10.5 Å². The van der Waals surface area contributed by atoms with Crippen LogP contribution in [0.25, 0.3) is 0 Å². The van der Waals surface area contributed by atoms with E-state index in [9.17, 15) is 4.79 Å². The van der Waals surface area contributed by atoms with Crippen LogP contribution >= 0.6 is 0 Å². The fourth-order valence-electron chi connectivity index (χ4n) is 2.88. The molecule has 1 fully saturated rings. The Morgan fingerprint density at radius 1 is 1.32 bits per heavy atom. The van der Waals surface area contributed by atoms with Gasteiger partial charge in [-0.2, -0.15) is 0 Å². The lowest BCUT2D eigenvalue weighted by Gasteiger charge is -2.35. The van der Waals surface area contributed by atoms with E-state index in [1.54, 1.807) is 0 Å². The highest BCUT2D eigenvalue weighted by Crippen LogP contribution is 2.23. The van der Waals surface area contributed by atoms with Gasteiger partial charge < -0.3 is 10.2 Å². The first-order chi connectivity index (χ1) is 9.13. The van der Waals surface area contributed by atoms with Crippen LogP contribution in [0.3, 0.4) is 0 Å².